The van der Waals surface area contributed by atoms with Crippen molar-refractivity contribution in [3.8, 4) is 21.9 Å². The van der Waals surface area contributed by atoms with Crippen molar-refractivity contribution in [2.45, 2.75) is 20.3 Å². The molecule has 0 bridgehead atoms. The molecule has 2 amide bonds. The minimum Gasteiger partial charge on any atom is -0.486 e. The Kier molecular flexibility index (Phi) is 6.75. The van der Waals surface area contributed by atoms with Crippen LogP contribution in [0.5, 0.6) is 11.5 Å². The number of ether oxygens (including phenoxy) is 2. The molecular weight excluding hydrogens is 424 g/mol. The molecule has 1 aliphatic rings. The highest BCUT2D eigenvalue weighted by Crippen LogP contribution is 2.37. The van der Waals surface area contributed by atoms with E-state index in [4.69, 9.17) is 9.47 Å². The molecule has 32 heavy (non-hydrogen) atoms. The van der Waals surface area contributed by atoms with Gasteiger partial charge in [0.1, 0.15) is 19.8 Å². The summed E-state index contributed by atoms with van der Waals surface area (Å²) in [5.41, 5.74) is 2.72. The van der Waals surface area contributed by atoms with Crippen LogP contribution in [0.1, 0.15) is 28.6 Å². The largest absolute Gasteiger partial charge is 0.486 e. The molecule has 1 N–H and O–H groups in total. The normalized spacial score (nSPS) is 12.3. The monoisotopic (exact) mass is 450 g/mol. The summed E-state index contributed by atoms with van der Waals surface area (Å²) in [7, 11) is 0. The number of para-hydroxylation sites is 1. The number of benzene rings is 2. The molecule has 0 saturated heterocycles. The van der Waals surface area contributed by atoms with Crippen LogP contribution in [0.4, 0.5) is 5.69 Å². The third kappa shape index (κ3) is 4.94. The van der Waals surface area contributed by atoms with Crippen LogP contribution in [-0.4, -0.2) is 43.0 Å². The van der Waals surface area contributed by atoms with E-state index in [1.165, 1.54) is 11.3 Å². The minimum absolute atomic E-state index is 0.0122. The summed E-state index contributed by atoms with van der Waals surface area (Å²) in [5, 5.41) is 2.91. The van der Waals surface area contributed by atoms with Crippen LogP contribution in [-0.2, 0) is 4.79 Å². The Bertz CT molecular complexity index is 1120. The van der Waals surface area contributed by atoms with E-state index < -0.39 is 0 Å². The van der Waals surface area contributed by atoms with Crippen molar-refractivity contribution in [2.75, 3.05) is 31.6 Å². The molecule has 3 aromatic rings. The molecule has 1 aromatic heterocycles. The number of anilines is 1. The van der Waals surface area contributed by atoms with Gasteiger partial charge in [-0.2, -0.15) is 0 Å². The van der Waals surface area contributed by atoms with Crippen molar-refractivity contribution < 1.29 is 19.1 Å². The number of nitrogens with one attached hydrogen (secondary N) is 1. The second-order valence-corrected chi connectivity index (χ2v) is 8.70. The number of fused-ring (bicyclic) bond motifs is 1. The van der Waals surface area contributed by atoms with Crippen molar-refractivity contribution in [3.63, 3.8) is 0 Å². The molecule has 0 aliphatic carbocycles. The first-order chi connectivity index (χ1) is 15.5. The number of carbonyl (C=O) groups is 2. The fourth-order valence-corrected chi connectivity index (χ4v) is 4.53. The first-order valence-corrected chi connectivity index (χ1v) is 11.5. The molecule has 0 unspecified atom stereocenters. The lowest BCUT2D eigenvalue weighted by molar-refractivity contribution is -0.116. The van der Waals surface area contributed by atoms with Gasteiger partial charge < -0.3 is 19.7 Å². The third-order valence-corrected chi connectivity index (χ3v) is 6.30. The van der Waals surface area contributed by atoms with E-state index in [-0.39, 0.29) is 18.4 Å². The maximum atomic E-state index is 13.2. The SMILES string of the molecule is CCCN(CC(=O)Nc1ccccc1C)C(=O)c1ccc(-c2ccc3c(c2)OCCO3)s1. The summed E-state index contributed by atoms with van der Waals surface area (Å²) in [6.45, 7) is 5.54. The van der Waals surface area contributed by atoms with Crippen LogP contribution in [0.2, 0.25) is 0 Å². The van der Waals surface area contributed by atoms with Crippen molar-refractivity contribution >= 4 is 28.8 Å². The summed E-state index contributed by atoms with van der Waals surface area (Å²) < 4.78 is 11.3. The lowest BCUT2D eigenvalue weighted by Gasteiger charge is -2.21. The predicted molar refractivity (Wildman–Crippen MR) is 127 cm³/mol. The zero-order chi connectivity index (χ0) is 22.5. The van der Waals surface area contributed by atoms with Crippen LogP contribution in [0, 0.1) is 6.92 Å². The molecular formula is C25H26N2O4S. The summed E-state index contributed by atoms with van der Waals surface area (Å²) in [4.78, 5) is 29.0. The van der Waals surface area contributed by atoms with Gasteiger partial charge in [0, 0.05) is 17.1 Å². The second-order valence-electron chi connectivity index (χ2n) is 7.61. The van der Waals surface area contributed by atoms with Crippen LogP contribution < -0.4 is 14.8 Å². The van der Waals surface area contributed by atoms with Gasteiger partial charge >= 0.3 is 0 Å². The van der Waals surface area contributed by atoms with E-state index >= 15 is 0 Å². The molecule has 1 aliphatic heterocycles. The number of hydrogen-bond donors (Lipinski definition) is 1. The molecule has 0 saturated carbocycles. The molecule has 0 spiro atoms. The van der Waals surface area contributed by atoms with Crippen molar-refractivity contribution in [1.29, 1.82) is 0 Å². The number of thiophene rings is 1. The van der Waals surface area contributed by atoms with Gasteiger partial charge in [0.15, 0.2) is 11.5 Å². The summed E-state index contributed by atoms with van der Waals surface area (Å²) in [6.07, 6.45) is 0.768. The fourth-order valence-electron chi connectivity index (χ4n) is 3.56. The summed E-state index contributed by atoms with van der Waals surface area (Å²) in [6, 6.07) is 17.2. The second kappa shape index (κ2) is 9.87. The Morgan fingerprint density at radius 1 is 1.03 bits per heavy atom. The van der Waals surface area contributed by atoms with Crippen LogP contribution in [0.15, 0.2) is 54.6 Å². The molecule has 2 heterocycles. The Hall–Kier alpha value is -3.32. The van der Waals surface area contributed by atoms with Gasteiger partial charge in [-0.3, -0.25) is 9.59 Å². The van der Waals surface area contributed by atoms with E-state index in [2.05, 4.69) is 5.32 Å². The molecule has 2 aromatic carbocycles. The molecule has 4 rings (SSSR count). The third-order valence-electron chi connectivity index (χ3n) is 5.18. The molecule has 6 nitrogen and oxygen atoms in total. The zero-order valence-corrected chi connectivity index (χ0v) is 19.0. The molecule has 0 radical (unpaired) electrons. The summed E-state index contributed by atoms with van der Waals surface area (Å²) in [5.74, 6) is 1.11. The highest BCUT2D eigenvalue weighted by molar-refractivity contribution is 7.17. The minimum atomic E-state index is -0.204. The number of amides is 2. The van der Waals surface area contributed by atoms with Gasteiger partial charge in [-0.1, -0.05) is 25.1 Å². The highest BCUT2D eigenvalue weighted by atomic mass is 32.1. The Morgan fingerprint density at radius 2 is 1.81 bits per heavy atom. The highest BCUT2D eigenvalue weighted by Gasteiger charge is 2.21. The molecule has 166 valence electrons. The first kappa shape index (κ1) is 21.9. The van der Waals surface area contributed by atoms with Crippen LogP contribution >= 0.6 is 11.3 Å². The van der Waals surface area contributed by atoms with Gasteiger partial charge in [0.25, 0.3) is 5.91 Å². The topological polar surface area (TPSA) is 67.9 Å². The Balaban J connectivity index is 1.47. The van der Waals surface area contributed by atoms with E-state index in [0.29, 0.717) is 24.6 Å². The maximum absolute atomic E-state index is 13.2. The van der Waals surface area contributed by atoms with E-state index in [1.54, 1.807) is 4.90 Å². The van der Waals surface area contributed by atoms with Crippen molar-refractivity contribution in [3.05, 3.63) is 65.0 Å². The quantitative estimate of drug-likeness (QED) is 0.551. The van der Waals surface area contributed by atoms with Gasteiger partial charge in [0.2, 0.25) is 5.91 Å². The van der Waals surface area contributed by atoms with Crippen LogP contribution in [0.3, 0.4) is 0 Å². The number of aryl methyl sites for hydroxylation is 1. The predicted octanol–water partition coefficient (Wildman–Crippen LogP) is 4.99. The van der Waals surface area contributed by atoms with Gasteiger partial charge in [-0.15, -0.1) is 11.3 Å². The summed E-state index contributed by atoms with van der Waals surface area (Å²) >= 11 is 1.41. The van der Waals surface area contributed by atoms with Crippen molar-refractivity contribution in [2.24, 2.45) is 0 Å². The van der Waals surface area contributed by atoms with Gasteiger partial charge in [-0.05, 0) is 60.9 Å². The van der Waals surface area contributed by atoms with Crippen LogP contribution in [0.25, 0.3) is 10.4 Å². The number of carbonyl (C=O) groups excluding carboxylic acids is 2. The zero-order valence-electron chi connectivity index (χ0n) is 18.2. The fraction of sp³-hybridized carbons (Fsp3) is 0.280. The molecule has 0 fully saturated rings. The van der Waals surface area contributed by atoms with Gasteiger partial charge in [0.05, 0.1) is 4.88 Å². The Labute approximate surface area is 191 Å². The smallest absolute Gasteiger partial charge is 0.264 e. The lowest BCUT2D eigenvalue weighted by atomic mass is 10.1. The van der Waals surface area contributed by atoms with E-state index in [9.17, 15) is 9.59 Å². The average molecular weight is 451 g/mol. The molecule has 7 heteroatoms. The van der Waals surface area contributed by atoms with E-state index in [1.807, 2.05) is 68.4 Å². The van der Waals surface area contributed by atoms with Gasteiger partial charge in [-0.25, -0.2) is 0 Å². The standard InChI is InChI=1S/C25H26N2O4S/c1-3-12-27(16-24(28)26-19-7-5-4-6-17(19)2)25(29)23-11-10-22(32-23)18-8-9-20-21(15-18)31-14-13-30-20/h4-11,15H,3,12-14,16H2,1-2H3,(H,26,28). The number of hydrogen-bond acceptors (Lipinski definition) is 5. The average Bonchev–Trinajstić information content (AvgIpc) is 3.30. The first-order valence-electron chi connectivity index (χ1n) is 10.7. The maximum Gasteiger partial charge on any atom is 0.264 e. The number of rotatable bonds is 7. The van der Waals surface area contributed by atoms with E-state index in [0.717, 1.165) is 39.6 Å². The number of nitrogens with zero attached hydrogens (tertiary/aromatic N) is 1. The Morgan fingerprint density at radius 3 is 2.59 bits per heavy atom. The van der Waals surface area contributed by atoms with Crippen molar-refractivity contribution in [1.82, 2.24) is 4.90 Å². The lowest BCUT2D eigenvalue weighted by Crippen LogP contribution is -2.38. The molecule has 0 atom stereocenters.